The van der Waals surface area contributed by atoms with Gasteiger partial charge in [0.25, 0.3) is 0 Å². The Morgan fingerprint density at radius 3 is 2.74 bits per heavy atom. The van der Waals surface area contributed by atoms with E-state index in [2.05, 4.69) is 63.6 Å². The minimum absolute atomic E-state index is 0.00988. The summed E-state index contributed by atoms with van der Waals surface area (Å²) >= 11 is 0. The largest absolute Gasteiger partial charge is 0.473 e. The molecule has 202 valence electrons. The summed E-state index contributed by atoms with van der Waals surface area (Å²) in [5, 5.41) is 18.1. The van der Waals surface area contributed by atoms with Crippen molar-refractivity contribution in [3.8, 4) is 23.0 Å². The molecule has 10 nitrogen and oxygen atoms in total. The van der Waals surface area contributed by atoms with Crippen LogP contribution >= 0.6 is 0 Å². The van der Waals surface area contributed by atoms with E-state index in [1.54, 1.807) is 4.68 Å². The van der Waals surface area contributed by atoms with Crippen LogP contribution in [0.5, 0.6) is 11.8 Å². The van der Waals surface area contributed by atoms with Crippen LogP contribution in [0.4, 0.5) is 0 Å². The summed E-state index contributed by atoms with van der Waals surface area (Å²) in [7, 11) is 1.90. The second-order valence-corrected chi connectivity index (χ2v) is 10.6. The van der Waals surface area contributed by atoms with Gasteiger partial charge in [0, 0.05) is 38.1 Å². The molecule has 4 aromatic heterocycles. The molecule has 0 aliphatic carbocycles. The van der Waals surface area contributed by atoms with Gasteiger partial charge in [0.05, 0.1) is 52.2 Å². The van der Waals surface area contributed by atoms with Crippen molar-refractivity contribution in [1.82, 2.24) is 39.6 Å². The predicted molar refractivity (Wildman–Crippen MR) is 149 cm³/mol. The molecule has 1 aliphatic heterocycles. The summed E-state index contributed by atoms with van der Waals surface area (Å²) in [6.07, 6.45) is 8.66. The second kappa shape index (κ2) is 10.6. The van der Waals surface area contributed by atoms with E-state index in [0.717, 1.165) is 58.6 Å². The molecule has 5 rings (SSSR count). The Kier molecular flexibility index (Phi) is 7.25. The van der Waals surface area contributed by atoms with Crippen LogP contribution in [0.3, 0.4) is 0 Å². The lowest BCUT2D eigenvalue weighted by Gasteiger charge is -2.30. The van der Waals surface area contributed by atoms with Gasteiger partial charge in [-0.15, -0.1) is 5.10 Å². The molecule has 1 atom stereocenters. The van der Waals surface area contributed by atoms with Crippen molar-refractivity contribution in [2.45, 2.75) is 79.3 Å². The number of nitrogens with one attached hydrogen (secondary N) is 1. The molecule has 1 N–H and O–H groups in total. The molecule has 4 aromatic rings. The topological polar surface area (TPSA) is 98.9 Å². The van der Waals surface area contributed by atoms with E-state index >= 15 is 0 Å². The standard InChI is InChI=1S/C28H38N8O2/c1-8-11-36-26-16-35(17(2)3)15-19(6)38-28-22(13-30-34(28)7)24-12-21-23(31-32-25(21)14-29-24)10-9-20(26)27(33-36)37-18(4)5/h9-10,12-14,17-19H,8,11,15-16H2,1-7H3,(H,31,32)/b10-9+/t19-/m1/s1. The number of aromatic amines is 1. The third-order valence-electron chi connectivity index (χ3n) is 6.78. The van der Waals surface area contributed by atoms with E-state index < -0.39 is 0 Å². The third kappa shape index (κ3) is 5.05. The fraction of sp³-hybridized carbons (Fsp3) is 0.500. The molecule has 0 radical (unpaired) electrons. The molecular weight excluding hydrogens is 480 g/mol. The zero-order chi connectivity index (χ0) is 27.0. The summed E-state index contributed by atoms with van der Waals surface area (Å²) in [5.74, 6) is 1.35. The summed E-state index contributed by atoms with van der Waals surface area (Å²) in [6, 6.07) is 2.33. The lowest BCUT2D eigenvalue weighted by Crippen LogP contribution is -2.39. The van der Waals surface area contributed by atoms with Gasteiger partial charge in [-0.05, 0) is 59.3 Å². The van der Waals surface area contributed by atoms with Gasteiger partial charge in [-0.3, -0.25) is 19.7 Å². The van der Waals surface area contributed by atoms with E-state index in [0.29, 0.717) is 24.3 Å². The van der Waals surface area contributed by atoms with Crippen molar-refractivity contribution >= 4 is 23.1 Å². The highest BCUT2D eigenvalue weighted by Gasteiger charge is 2.25. The van der Waals surface area contributed by atoms with Gasteiger partial charge >= 0.3 is 0 Å². The van der Waals surface area contributed by atoms with E-state index in [-0.39, 0.29) is 12.2 Å². The Labute approximate surface area is 223 Å². The first-order valence-electron chi connectivity index (χ1n) is 13.5. The van der Waals surface area contributed by atoms with Gasteiger partial charge in [-0.1, -0.05) is 6.92 Å². The minimum atomic E-state index is -0.0854. The summed E-state index contributed by atoms with van der Waals surface area (Å²) in [4.78, 5) is 7.11. The maximum atomic E-state index is 6.53. The van der Waals surface area contributed by atoms with E-state index in [1.807, 2.05) is 45.4 Å². The minimum Gasteiger partial charge on any atom is -0.473 e. The number of pyridine rings is 1. The first-order chi connectivity index (χ1) is 18.2. The highest BCUT2D eigenvalue weighted by atomic mass is 16.5. The van der Waals surface area contributed by atoms with Crippen molar-refractivity contribution < 1.29 is 9.47 Å². The number of ether oxygens (including phenoxy) is 2. The molecule has 0 saturated carbocycles. The Balaban J connectivity index is 1.71. The average Bonchev–Trinajstić information content (AvgIpc) is 3.52. The Morgan fingerprint density at radius 2 is 2.00 bits per heavy atom. The third-order valence-corrected chi connectivity index (χ3v) is 6.78. The molecule has 1 aliphatic rings. The van der Waals surface area contributed by atoms with Crippen molar-refractivity contribution in [1.29, 1.82) is 0 Å². The number of nitrogens with zero attached hydrogens (tertiary/aromatic N) is 7. The molecule has 0 spiro atoms. The number of aryl methyl sites for hydroxylation is 2. The van der Waals surface area contributed by atoms with Crippen molar-refractivity contribution in [3.63, 3.8) is 0 Å². The zero-order valence-electron chi connectivity index (χ0n) is 23.4. The van der Waals surface area contributed by atoms with Gasteiger partial charge in [0.1, 0.15) is 6.10 Å². The second-order valence-electron chi connectivity index (χ2n) is 10.6. The molecular formula is C28H38N8O2. The van der Waals surface area contributed by atoms with Crippen LogP contribution < -0.4 is 9.47 Å². The van der Waals surface area contributed by atoms with Crippen LogP contribution in [0.25, 0.3) is 34.3 Å². The van der Waals surface area contributed by atoms with Crippen LogP contribution in [0.15, 0.2) is 18.5 Å². The van der Waals surface area contributed by atoms with E-state index in [1.165, 1.54) is 0 Å². The smallest absolute Gasteiger partial charge is 0.240 e. The predicted octanol–water partition coefficient (Wildman–Crippen LogP) is 4.91. The number of rotatable bonds is 5. The Bertz CT molecular complexity index is 1440. The van der Waals surface area contributed by atoms with Crippen LogP contribution in [0.1, 0.15) is 64.9 Å². The lowest BCUT2D eigenvalue weighted by molar-refractivity contribution is 0.110. The fourth-order valence-electron chi connectivity index (χ4n) is 4.85. The zero-order valence-corrected chi connectivity index (χ0v) is 23.4. The lowest BCUT2D eigenvalue weighted by atomic mass is 10.1. The quantitative estimate of drug-likeness (QED) is 0.401. The molecule has 2 bridgehead atoms. The number of hydrogen-bond donors (Lipinski definition) is 1. The first-order valence-corrected chi connectivity index (χ1v) is 13.5. The van der Waals surface area contributed by atoms with E-state index in [4.69, 9.17) is 14.6 Å². The number of fused-ring (bicyclic) bond motifs is 4. The Morgan fingerprint density at radius 1 is 1.18 bits per heavy atom. The van der Waals surface area contributed by atoms with Crippen LogP contribution in [-0.4, -0.2) is 64.4 Å². The first kappa shape index (κ1) is 26.0. The SMILES string of the molecule is CCCn1nc(OC(C)C)c2c1CN(C(C)C)C[C@@H](C)Oc1c(cnn1C)-c1cc3c(n[nH]c3cn1)/C=C/2. The molecule has 0 fully saturated rings. The van der Waals surface area contributed by atoms with Gasteiger partial charge in [-0.25, -0.2) is 4.68 Å². The average molecular weight is 519 g/mol. The summed E-state index contributed by atoms with van der Waals surface area (Å²) in [5.41, 5.74) is 5.45. The number of aromatic nitrogens is 7. The normalized spacial score (nSPS) is 17.3. The fourth-order valence-corrected chi connectivity index (χ4v) is 4.85. The van der Waals surface area contributed by atoms with Crippen molar-refractivity contribution in [2.24, 2.45) is 7.05 Å². The molecule has 38 heavy (non-hydrogen) atoms. The monoisotopic (exact) mass is 518 g/mol. The van der Waals surface area contributed by atoms with Crippen LogP contribution in [0.2, 0.25) is 0 Å². The maximum absolute atomic E-state index is 6.53. The van der Waals surface area contributed by atoms with Gasteiger partial charge < -0.3 is 9.47 Å². The highest BCUT2D eigenvalue weighted by molar-refractivity contribution is 5.91. The Hall–Kier alpha value is -3.66. The van der Waals surface area contributed by atoms with Crippen LogP contribution in [0, 0.1) is 0 Å². The van der Waals surface area contributed by atoms with Gasteiger partial charge in [-0.2, -0.15) is 10.2 Å². The molecule has 10 heteroatoms. The summed E-state index contributed by atoms with van der Waals surface area (Å²) < 4.78 is 16.6. The summed E-state index contributed by atoms with van der Waals surface area (Å²) in [6.45, 7) is 15.0. The van der Waals surface area contributed by atoms with Crippen molar-refractivity contribution in [2.75, 3.05) is 6.54 Å². The molecule has 0 saturated heterocycles. The number of H-pyrrole nitrogens is 1. The maximum Gasteiger partial charge on any atom is 0.240 e. The van der Waals surface area contributed by atoms with Gasteiger partial charge in [0.2, 0.25) is 11.8 Å². The molecule has 0 amide bonds. The molecule has 0 unspecified atom stereocenters. The van der Waals surface area contributed by atoms with Crippen LogP contribution in [-0.2, 0) is 20.1 Å². The van der Waals surface area contributed by atoms with Gasteiger partial charge in [0.15, 0.2) is 0 Å². The van der Waals surface area contributed by atoms with Crippen molar-refractivity contribution in [3.05, 3.63) is 35.4 Å². The molecule has 0 aromatic carbocycles. The number of hydrogen-bond acceptors (Lipinski definition) is 7. The van der Waals surface area contributed by atoms with E-state index in [9.17, 15) is 0 Å². The highest BCUT2D eigenvalue weighted by Crippen LogP contribution is 2.33. The molecule has 5 heterocycles.